The molecular formula is C19H22ClN3O4. The highest BCUT2D eigenvalue weighted by Crippen LogP contribution is 2.38. The fraction of sp³-hybridized carbons (Fsp3) is 0.474. The predicted molar refractivity (Wildman–Crippen MR) is 101 cm³/mol. The first-order valence-electron chi connectivity index (χ1n) is 8.74. The van der Waals surface area contributed by atoms with Gasteiger partial charge in [-0.1, -0.05) is 11.6 Å². The van der Waals surface area contributed by atoms with Gasteiger partial charge in [0.05, 0.1) is 11.2 Å². The molecule has 0 aliphatic carbocycles. The van der Waals surface area contributed by atoms with Crippen LogP contribution in [0.25, 0.3) is 10.9 Å². The summed E-state index contributed by atoms with van der Waals surface area (Å²) in [7, 11) is 0. The number of aliphatic carboxylic acids is 1. The van der Waals surface area contributed by atoms with Crippen molar-refractivity contribution in [2.75, 3.05) is 13.1 Å². The minimum Gasteiger partial charge on any atom is -0.481 e. The molecule has 1 N–H and O–H groups in total. The normalized spacial score (nSPS) is 17.0. The Morgan fingerprint density at radius 2 is 1.89 bits per heavy atom. The molecule has 1 aliphatic rings. The van der Waals surface area contributed by atoms with Crippen molar-refractivity contribution in [3.05, 3.63) is 35.2 Å². The number of rotatable bonds is 2. The van der Waals surface area contributed by atoms with Crippen LogP contribution in [0.3, 0.4) is 0 Å². The van der Waals surface area contributed by atoms with E-state index < -0.39 is 23.1 Å². The molecule has 1 amide bonds. The Bertz CT molecular complexity index is 886. The largest absolute Gasteiger partial charge is 0.481 e. The maximum absolute atomic E-state index is 12.3. The van der Waals surface area contributed by atoms with Gasteiger partial charge in [0.15, 0.2) is 0 Å². The fourth-order valence-electron chi connectivity index (χ4n) is 3.36. The average molecular weight is 392 g/mol. The summed E-state index contributed by atoms with van der Waals surface area (Å²) in [5.41, 5.74) is -0.725. The molecule has 7 nitrogen and oxygen atoms in total. The fourth-order valence-corrected chi connectivity index (χ4v) is 3.53. The SMILES string of the molecule is CC(C)(C)OC(=O)N1CCC(C(=O)O)(c2ncnc3cc(Cl)ccc23)CC1. The van der Waals surface area contributed by atoms with Gasteiger partial charge in [0.1, 0.15) is 17.3 Å². The Morgan fingerprint density at radius 3 is 2.48 bits per heavy atom. The van der Waals surface area contributed by atoms with Gasteiger partial charge >= 0.3 is 12.1 Å². The molecule has 1 saturated heterocycles. The number of amides is 1. The van der Waals surface area contributed by atoms with Crippen LogP contribution in [0.5, 0.6) is 0 Å². The summed E-state index contributed by atoms with van der Waals surface area (Å²) < 4.78 is 5.39. The monoisotopic (exact) mass is 391 g/mol. The van der Waals surface area contributed by atoms with Gasteiger partial charge in [0, 0.05) is 23.5 Å². The van der Waals surface area contributed by atoms with Crippen LogP contribution in [0.1, 0.15) is 39.3 Å². The highest BCUT2D eigenvalue weighted by molar-refractivity contribution is 6.31. The van der Waals surface area contributed by atoms with E-state index in [2.05, 4.69) is 9.97 Å². The standard InChI is InChI=1S/C19H22ClN3O4/c1-18(2,3)27-17(26)23-8-6-19(7-9-23,16(24)25)15-13-5-4-12(20)10-14(13)21-11-22-15/h4-5,10-11H,6-9H2,1-3H3,(H,24,25). The van der Waals surface area contributed by atoms with Crippen LogP contribution in [0, 0.1) is 0 Å². The number of carbonyl (C=O) groups excluding carboxylic acids is 1. The molecular weight excluding hydrogens is 370 g/mol. The quantitative estimate of drug-likeness (QED) is 0.840. The summed E-state index contributed by atoms with van der Waals surface area (Å²) in [6.45, 7) is 5.96. The Hall–Kier alpha value is -2.41. The first-order chi connectivity index (χ1) is 12.6. The van der Waals surface area contributed by atoms with E-state index >= 15 is 0 Å². The highest BCUT2D eigenvalue weighted by atomic mass is 35.5. The molecule has 1 aliphatic heterocycles. The van der Waals surface area contributed by atoms with Crippen molar-refractivity contribution in [1.82, 2.24) is 14.9 Å². The van der Waals surface area contributed by atoms with Crippen LogP contribution in [0.15, 0.2) is 24.5 Å². The number of hydrogen-bond acceptors (Lipinski definition) is 5. The molecule has 27 heavy (non-hydrogen) atoms. The van der Waals surface area contributed by atoms with Crippen molar-refractivity contribution in [3.63, 3.8) is 0 Å². The van der Waals surface area contributed by atoms with Crippen molar-refractivity contribution in [2.24, 2.45) is 0 Å². The highest BCUT2D eigenvalue weighted by Gasteiger charge is 2.46. The number of fused-ring (bicyclic) bond motifs is 1. The van der Waals surface area contributed by atoms with Gasteiger partial charge in [-0.15, -0.1) is 0 Å². The molecule has 0 spiro atoms. The van der Waals surface area contributed by atoms with Crippen molar-refractivity contribution in [3.8, 4) is 0 Å². The zero-order valence-electron chi connectivity index (χ0n) is 15.5. The molecule has 0 saturated carbocycles. The third-order valence-corrected chi connectivity index (χ3v) is 4.97. The van der Waals surface area contributed by atoms with Crippen molar-refractivity contribution in [1.29, 1.82) is 0 Å². The third kappa shape index (κ3) is 3.83. The lowest BCUT2D eigenvalue weighted by Gasteiger charge is -2.39. The summed E-state index contributed by atoms with van der Waals surface area (Å²) in [5, 5.41) is 11.2. The minimum absolute atomic E-state index is 0.246. The molecule has 3 rings (SSSR count). The topological polar surface area (TPSA) is 92.6 Å². The predicted octanol–water partition coefficient (Wildman–Crippen LogP) is 3.64. The Balaban J connectivity index is 1.92. The second-order valence-electron chi connectivity index (χ2n) is 7.74. The molecule has 1 aromatic heterocycles. The van der Waals surface area contributed by atoms with Crippen LogP contribution in [0.4, 0.5) is 4.79 Å². The Morgan fingerprint density at radius 1 is 1.22 bits per heavy atom. The van der Waals surface area contributed by atoms with E-state index in [1.54, 1.807) is 43.9 Å². The summed E-state index contributed by atoms with van der Waals surface area (Å²) in [5.74, 6) is -0.957. The molecule has 2 aromatic rings. The lowest BCUT2D eigenvalue weighted by Crippen LogP contribution is -2.50. The molecule has 0 unspecified atom stereocenters. The zero-order chi connectivity index (χ0) is 19.8. The molecule has 1 aromatic carbocycles. The summed E-state index contributed by atoms with van der Waals surface area (Å²) in [4.78, 5) is 34.6. The molecule has 0 radical (unpaired) electrons. The molecule has 0 atom stereocenters. The number of hydrogen-bond donors (Lipinski definition) is 1. The minimum atomic E-state index is -1.19. The second kappa shape index (κ2) is 6.96. The number of piperidine rings is 1. The molecule has 0 bridgehead atoms. The first-order valence-corrected chi connectivity index (χ1v) is 9.12. The van der Waals surface area contributed by atoms with E-state index in [-0.39, 0.29) is 25.9 Å². The van der Waals surface area contributed by atoms with Gasteiger partial charge in [-0.25, -0.2) is 14.8 Å². The molecule has 2 heterocycles. The second-order valence-corrected chi connectivity index (χ2v) is 8.17. The number of aromatic nitrogens is 2. The smallest absolute Gasteiger partial charge is 0.410 e. The number of benzene rings is 1. The van der Waals surface area contributed by atoms with Crippen molar-refractivity contribution < 1.29 is 19.4 Å². The zero-order valence-corrected chi connectivity index (χ0v) is 16.3. The van der Waals surface area contributed by atoms with Crippen LogP contribution < -0.4 is 0 Å². The number of halogens is 1. The number of likely N-dealkylation sites (tertiary alicyclic amines) is 1. The molecule has 8 heteroatoms. The van der Waals surface area contributed by atoms with Gasteiger partial charge < -0.3 is 14.7 Å². The number of carboxylic acids is 1. The number of ether oxygens (including phenoxy) is 1. The van der Waals surface area contributed by atoms with Crippen LogP contribution >= 0.6 is 11.6 Å². The van der Waals surface area contributed by atoms with Gasteiger partial charge in [-0.05, 0) is 51.8 Å². The maximum atomic E-state index is 12.3. The van der Waals surface area contributed by atoms with Crippen molar-refractivity contribution >= 4 is 34.6 Å². The maximum Gasteiger partial charge on any atom is 0.410 e. The Kier molecular flexibility index (Phi) is 4.99. The van der Waals surface area contributed by atoms with Crippen LogP contribution in [-0.4, -0.2) is 50.7 Å². The lowest BCUT2D eigenvalue weighted by atomic mass is 9.74. The van der Waals surface area contributed by atoms with Gasteiger partial charge in [-0.2, -0.15) is 0 Å². The van der Waals surface area contributed by atoms with Crippen molar-refractivity contribution in [2.45, 2.75) is 44.6 Å². The summed E-state index contributed by atoms with van der Waals surface area (Å²) >= 11 is 6.03. The van der Waals surface area contributed by atoms with Crippen LogP contribution in [0.2, 0.25) is 5.02 Å². The van der Waals surface area contributed by atoms with Gasteiger partial charge in [0.2, 0.25) is 0 Å². The number of nitrogens with zero attached hydrogens (tertiary/aromatic N) is 3. The van der Waals surface area contributed by atoms with E-state index in [9.17, 15) is 14.7 Å². The van der Waals surface area contributed by atoms with Gasteiger partial charge in [-0.3, -0.25) is 4.79 Å². The first kappa shape index (κ1) is 19.4. The number of carboxylic acid groups (broad SMARTS) is 1. The molecule has 144 valence electrons. The van der Waals surface area contributed by atoms with Crippen LogP contribution in [-0.2, 0) is 14.9 Å². The summed E-state index contributed by atoms with van der Waals surface area (Å²) in [6, 6.07) is 5.13. The summed E-state index contributed by atoms with van der Waals surface area (Å²) in [6.07, 6.45) is 1.42. The van der Waals surface area contributed by atoms with Gasteiger partial charge in [0.25, 0.3) is 0 Å². The number of carbonyl (C=O) groups is 2. The third-order valence-electron chi connectivity index (χ3n) is 4.73. The van der Waals surface area contributed by atoms with E-state index in [4.69, 9.17) is 16.3 Å². The van der Waals surface area contributed by atoms with E-state index in [0.717, 1.165) is 0 Å². The van der Waals surface area contributed by atoms with E-state index in [0.29, 0.717) is 21.6 Å². The van der Waals surface area contributed by atoms with E-state index in [1.807, 2.05) is 0 Å². The lowest BCUT2D eigenvalue weighted by molar-refractivity contribution is -0.146. The average Bonchev–Trinajstić information content (AvgIpc) is 2.59. The van der Waals surface area contributed by atoms with E-state index in [1.165, 1.54) is 6.33 Å². The molecule has 1 fully saturated rings. The Labute approximate surface area is 162 Å².